The van der Waals surface area contributed by atoms with Gasteiger partial charge in [-0.05, 0) is 30.4 Å². The Kier molecular flexibility index (Phi) is 4.55. The first-order valence-electron chi connectivity index (χ1n) is 8.33. The van der Waals surface area contributed by atoms with Crippen molar-refractivity contribution >= 4 is 16.9 Å². The monoisotopic (exact) mass is 330 g/mol. The number of ether oxygens (including phenoxy) is 1. The van der Waals surface area contributed by atoms with Crippen molar-refractivity contribution in [1.82, 2.24) is 9.55 Å². The van der Waals surface area contributed by atoms with Gasteiger partial charge in [-0.1, -0.05) is 31.4 Å². The van der Waals surface area contributed by atoms with E-state index in [9.17, 15) is 14.4 Å². The molecule has 0 unspecified atom stereocenters. The number of fused-ring (bicyclic) bond motifs is 1. The number of hydrogen-bond acceptors (Lipinski definition) is 4. The van der Waals surface area contributed by atoms with E-state index in [4.69, 9.17) is 4.74 Å². The molecule has 1 aliphatic rings. The molecule has 6 nitrogen and oxygen atoms in total. The third kappa shape index (κ3) is 3.13. The number of aromatic nitrogens is 2. The van der Waals surface area contributed by atoms with Gasteiger partial charge in [0.05, 0.1) is 24.4 Å². The maximum absolute atomic E-state index is 12.7. The molecule has 128 valence electrons. The van der Waals surface area contributed by atoms with Crippen LogP contribution in [0.2, 0.25) is 0 Å². The lowest BCUT2D eigenvalue weighted by atomic mass is 9.71. The van der Waals surface area contributed by atoms with E-state index >= 15 is 0 Å². The summed E-state index contributed by atoms with van der Waals surface area (Å²) in [5.74, 6) is -0.290. The van der Waals surface area contributed by atoms with Crippen LogP contribution in [0.3, 0.4) is 0 Å². The second-order valence-electron chi connectivity index (χ2n) is 6.68. The maximum Gasteiger partial charge on any atom is 0.328 e. The molecule has 1 aromatic heterocycles. The van der Waals surface area contributed by atoms with E-state index in [1.165, 1.54) is 11.7 Å². The van der Waals surface area contributed by atoms with E-state index in [0.717, 1.165) is 32.1 Å². The summed E-state index contributed by atoms with van der Waals surface area (Å²) in [6.07, 6.45) is 4.99. The number of hydrogen-bond donors (Lipinski definition) is 1. The Morgan fingerprint density at radius 3 is 2.62 bits per heavy atom. The molecule has 1 fully saturated rings. The standard InChI is InChI=1S/C18H22N2O4/c1-24-15(21)11-18(9-5-2-6-10-18)12-20-16(22)13-7-3-4-8-14(13)19-17(20)23/h3-4,7-8H,2,5-6,9-12H2,1H3,(H,19,23). The van der Waals surface area contributed by atoms with Gasteiger partial charge in [0.2, 0.25) is 0 Å². The number of rotatable bonds is 4. The summed E-state index contributed by atoms with van der Waals surface area (Å²) in [6.45, 7) is 0.251. The quantitative estimate of drug-likeness (QED) is 0.872. The summed E-state index contributed by atoms with van der Waals surface area (Å²) in [6, 6.07) is 6.98. The third-order valence-corrected chi connectivity index (χ3v) is 5.04. The van der Waals surface area contributed by atoms with Crippen LogP contribution in [0.25, 0.3) is 10.9 Å². The molecule has 0 bridgehead atoms. The van der Waals surface area contributed by atoms with Crippen molar-refractivity contribution < 1.29 is 9.53 Å². The van der Waals surface area contributed by atoms with E-state index < -0.39 is 5.69 Å². The first-order chi connectivity index (χ1) is 11.5. The van der Waals surface area contributed by atoms with Gasteiger partial charge >= 0.3 is 11.7 Å². The highest BCUT2D eigenvalue weighted by Crippen LogP contribution is 2.40. The molecule has 0 aliphatic heterocycles. The van der Waals surface area contributed by atoms with Crippen molar-refractivity contribution in [3.05, 3.63) is 45.1 Å². The Balaban J connectivity index is 2.04. The molecule has 1 heterocycles. The highest BCUT2D eigenvalue weighted by molar-refractivity contribution is 5.76. The number of aromatic amines is 1. The Morgan fingerprint density at radius 2 is 1.92 bits per heavy atom. The van der Waals surface area contributed by atoms with E-state index in [2.05, 4.69) is 4.98 Å². The highest BCUT2D eigenvalue weighted by Gasteiger charge is 2.36. The second kappa shape index (κ2) is 6.63. The number of methoxy groups -OCH3 is 1. The Bertz CT molecular complexity index is 859. The minimum Gasteiger partial charge on any atom is -0.469 e. The summed E-state index contributed by atoms with van der Waals surface area (Å²) in [5.41, 5.74) is -0.572. The topological polar surface area (TPSA) is 81.2 Å². The highest BCUT2D eigenvalue weighted by atomic mass is 16.5. The smallest absolute Gasteiger partial charge is 0.328 e. The van der Waals surface area contributed by atoms with Crippen LogP contribution in [0.4, 0.5) is 0 Å². The summed E-state index contributed by atoms with van der Waals surface area (Å²) in [4.78, 5) is 39.8. The minimum atomic E-state index is -0.423. The largest absolute Gasteiger partial charge is 0.469 e. The lowest BCUT2D eigenvalue weighted by Gasteiger charge is -2.36. The normalized spacial score (nSPS) is 16.9. The van der Waals surface area contributed by atoms with Crippen LogP contribution in [-0.4, -0.2) is 22.6 Å². The van der Waals surface area contributed by atoms with Gasteiger partial charge in [0.25, 0.3) is 5.56 Å². The van der Waals surface area contributed by atoms with Gasteiger partial charge in [-0.2, -0.15) is 0 Å². The molecule has 1 aromatic carbocycles. The fourth-order valence-electron chi connectivity index (χ4n) is 3.75. The van der Waals surface area contributed by atoms with Crippen molar-refractivity contribution in [2.75, 3.05) is 7.11 Å². The molecule has 0 spiro atoms. The van der Waals surface area contributed by atoms with Gasteiger partial charge in [-0.3, -0.25) is 14.2 Å². The number of H-pyrrole nitrogens is 1. The molecular weight excluding hydrogens is 308 g/mol. The zero-order valence-corrected chi connectivity index (χ0v) is 13.8. The second-order valence-corrected chi connectivity index (χ2v) is 6.68. The molecule has 0 atom stereocenters. The molecule has 1 saturated carbocycles. The first kappa shape index (κ1) is 16.5. The van der Waals surface area contributed by atoms with Crippen molar-refractivity contribution in [2.45, 2.75) is 45.1 Å². The van der Waals surface area contributed by atoms with E-state index in [1.807, 2.05) is 0 Å². The van der Waals surface area contributed by atoms with Gasteiger partial charge in [0.15, 0.2) is 0 Å². The zero-order valence-electron chi connectivity index (χ0n) is 13.8. The van der Waals surface area contributed by atoms with Crippen molar-refractivity contribution in [1.29, 1.82) is 0 Å². The molecule has 0 saturated heterocycles. The molecule has 1 aliphatic carbocycles. The fourth-order valence-corrected chi connectivity index (χ4v) is 3.75. The SMILES string of the molecule is COC(=O)CC1(Cn2c(=O)[nH]c3ccccc3c2=O)CCCCC1. The first-order valence-corrected chi connectivity index (χ1v) is 8.33. The van der Waals surface area contributed by atoms with Gasteiger partial charge in [-0.25, -0.2) is 4.79 Å². The Labute approximate surface area is 139 Å². The molecule has 0 amide bonds. The summed E-state index contributed by atoms with van der Waals surface area (Å²) < 4.78 is 6.08. The average Bonchev–Trinajstić information content (AvgIpc) is 2.59. The Hall–Kier alpha value is -2.37. The molecular formula is C18H22N2O4. The van der Waals surface area contributed by atoms with E-state index in [-0.39, 0.29) is 29.9 Å². The number of para-hydroxylation sites is 1. The molecule has 1 N–H and O–H groups in total. The lowest BCUT2D eigenvalue weighted by Crippen LogP contribution is -2.42. The molecule has 6 heteroatoms. The Morgan fingerprint density at radius 1 is 1.21 bits per heavy atom. The van der Waals surface area contributed by atoms with Crippen LogP contribution in [0.5, 0.6) is 0 Å². The average molecular weight is 330 g/mol. The van der Waals surface area contributed by atoms with Crippen molar-refractivity contribution in [2.24, 2.45) is 5.41 Å². The number of nitrogens with zero attached hydrogens (tertiary/aromatic N) is 1. The van der Waals surface area contributed by atoms with E-state index in [0.29, 0.717) is 10.9 Å². The zero-order chi connectivity index (χ0) is 17.2. The van der Waals surface area contributed by atoms with Crippen molar-refractivity contribution in [3.8, 4) is 0 Å². The number of nitrogens with one attached hydrogen (secondary N) is 1. The maximum atomic E-state index is 12.7. The van der Waals surface area contributed by atoms with Crippen LogP contribution in [0, 0.1) is 5.41 Å². The molecule has 24 heavy (non-hydrogen) atoms. The predicted octanol–water partition coefficient (Wildman–Crippen LogP) is 2.20. The minimum absolute atomic E-state index is 0.238. The molecule has 3 rings (SSSR count). The van der Waals surface area contributed by atoms with Gasteiger partial charge < -0.3 is 9.72 Å². The number of carbonyl (C=O) groups excluding carboxylic acids is 1. The molecule has 2 aromatic rings. The van der Waals surface area contributed by atoms with Gasteiger partial charge in [-0.15, -0.1) is 0 Å². The van der Waals surface area contributed by atoms with Crippen LogP contribution >= 0.6 is 0 Å². The fraction of sp³-hybridized carbons (Fsp3) is 0.500. The predicted molar refractivity (Wildman–Crippen MR) is 91.0 cm³/mol. The number of carbonyl (C=O) groups is 1. The van der Waals surface area contributed by atoms with Crippen molar-refractivity contribution in [3.63, 3.8) is 0 Å². The van der Waals surface area contributed by atoms with Gasteiger partial charge in [0, 0.05) is 6.54 Å². The number of esters is 1. The number of benzene rings is 1. The summed E-state index contributed by atoms with van der Waals surface area (Å²) >= 11 is 0. The van der Waals surface area contributed by atoms with Crippen LogP contribution in [-0.2, 0) is 16.1 Å². The van der Waals surface area contributed by atoms with Crippen LogP contribution < -0.4 is 11.2 Å². The van der Waals surface area contributed by atoms with Crippen LogP contribution in [0.1, 0.15) is 38.5 Å². The van der Waals surface area contributed by atoms with E-state index in [1.54, 1.807) is 24.3 Å². The third-order valence-electron chi connectivity index (χ3n) is 5.04. The van der Waals surface area contributed by atoms with Crippen LogP contribution in [0.15, 0.2) is 33.9 Å². The lowest BCUT2D eigenvalue weighted by molar-refractivity contribution is -0.144. The summed E-state index contributed by atoms with van der Waals surface area (Å²) in [5, 5.41) is 0.487. The summed E-state index contributed by atoms with van der Waals surface area (Å²) in [7, 11) is 1.37. The van der Waals surface area contributed by atoms with Gasteiger partial charge in [0.1, 0.15) is 0 Å². The molecule has 0 radical (unpaired) electrons.